The molecular weight excluding hydrogens is 408 g/mol. The highest BCUT2D eigenvalue weighted by atomic mass is 16.5. The molecular formula is C23H28N6O3. The zero-order valence-corrected chi connectivity index (χ0v) is 18.3. The van der Waals surface area contributed by atoms with E-state index in [4.69, 9.17) is 4.74 Å². The first-order chi connectivity index (χ1) is 15.5. The van der Waals surface area contributed by atoms with Crippen LogP contribution in [0.5, 0.6) is 0 Å². The number of ether oxygens (including phenoxy) is 1. The number of carbonyl (C=O) groups is 2. The number of hydrogen-bond donors (Lipinski definition) is 1. The molecule has 3 aromatic rings. The highest BCUT2D eigenvalue weighted by molar-refractivity contribution is 5.94. The number of nitrogens with zero attached hydrogens (tertiary/aromatic N) is 5. The van der Waals surface area contributed by atoms with Gasteiger partial charge >= 0.3 is 0 Å². The van der Waals surface area contributed by atoms with Gasteiger partial charge in [-0.1, -0.05) is 30.3 Å². The second kappa shape index (κ2) is 9.78. The Balaban J connectivity index is 1.36. The summed E-state index contributed by atoms with van der Waals surface area (Å²) in [5, 5.41) is 11.7. The summed E-state index contributed by atoms with van der Waals surface area (Å²) in [6.45, 7) is 3.44. The Morgan fingerprint density at radius 3 is 2.56 bits per heavy atom. The molecule has 1 atom stereocenters. The fourth-order valence-electron chi connectivity index (χ4n) is 4.07. The van der Waals surface area contributed by atoms with Crippen LogP contribution in [0.2, 0.25) is 0 Å². The lowest BCUT2D eigenvalue weighted by Gasteiger charge is -2.32. The van der Waals surface area contributed by atoms with Crippen LogP contribution in [-0.2, 0) is 20.9 Å². The fraction of sp³-hybridized carbons (Fsp3) is 0.391. The van der Waals surface area contributed by atoms with E-state index in [1.807, 2.05) is 59.1 Å². The molecule has 168 valence electrons. The van der Waals surface area contributed by atoms with Crippen molar-refractivity contribution in [3.8, 4) is 0 Å². The number of methoxy groups -OCH3 is 1. The monoisotopic (exact) mass is 436 g/mol. The summed E-state index contributed by atoms with van der Waals surface area (Å²) in [5.41, 5.74) is 1.69. The summed E-state index contributed by atoms with van der Waals surface area (Å²) >= 11 is 0. The number of amides is 2. The molecule has 1 aromatic carbocycles. The van der Waals surface area contributed by atoms with Crippen molar-refractivity contribution in [2.75, 3.05) is 25.5 Å². The minimum absolute atomic E-state index is 0.0614. The van der Waals surface area contributed by atoms with Gasteiger partial charge in [0.15, 0.2) is 6.10 Å². The minimum Gasteiger partial charge on any atom is -0.367 e. The number of rotatable bonds is 7. The molecule has 3 heterocycles. The average molecular weight is 437 g/mol. The standard InChI is InChI=1S/C23H28N6O3/c1-17-9-15-28(26-17)16-21(30)27-13-10-19(11-14-27)29-20(8-12-24-29)25-23(31)22(32-2)18-6-4-3-5-7-18/h3-9,12,15,19,22H,10-11,13-14,16H2,1-2H3,(H,25,31)/t22-/m1/s1. The van der Waals surface area contributed by atoms with Crippen molar-refractivity contribution in [3.63, 3.8) is 0 Å². The summed E-state index contributed by atoms with van der Waals surface area (Å²) in [6, 6.07) is 13.2. The molecule has 32 heavy (non-hydrogen) atoms. The number of benzene rings is 1. The first-order valence-corrected chi connectivity index (χ1v) is 10.7. The maximum atomic E-state index is 12.9. The van der Waals surface area contributed by atoms with E-state index in [1.54, 1.807) is 16.9 Å². The van der Waals surface area contributed by atoms with E-state index < -0.39 is 6.10 Å². The van der Waals surface area contributed by atoms with Gasteiger partial charge in [-0.2, -0.15) is 10.2 Å². The molecule has 0 aliphatic carbocycles. The van der Waals surface area contributed by atoms with Gasteiger partial charge in [-0.25, -0.2) is 4.68 Å². The van der Waals surface area contributed by atoms with Crippen LogP contribution >= 0.6 is 0 Å². The average Bonchev–Trinajstić information content (AvgIpc) is 3.43. The molecule has 9 nitrogen and oxygen atoms in total. The number of aromatic nitrogens is 4. The molecule has 1 N–H and O–H groups in total. The molecule has 0 radical (unpaired) electrons. The summed E-state index contributed by atoms with van der Waals surface area (Å²) in [4.78, 5) is 27.3. The third kappa shape index (κ3) is 4.88. The zero-order chi connectivity index (χ0) is 22.5. The van der Waals surface area contributed by atoms with Crippen LogP contribution < -0.4 is 5.32 Å². The molecule has 4 rings (SSSR count). The Morgan fingerprint density at radius 1 is 1.16 bits per heavy atom. The summed E-state index contributed by atoms with van der Waals surface area (Å²) < 4.78 is 8.94. The number of piperidine rings is 1. The Kier molecular flexibility index (Phi) is 6.65. The predicted octanol–water partition coefficient (Wildman–Crippen LogP) is 2.58. The number of anilines is 1. The maximum Gasteiger partial charge on any atom is 0.259 e. The molecule has 0 unspecified atom stereocenters. The second-order valence-electron chi connectivity index (χ2n) is 7.94. The molecule has 2 aromatic heterocycles. The number of aryl methyl sites for hydroxylation is 1. The van der Waals surface area contributed by atoms with Gasteiger partial charge in [-0.3, -0.25) is 14.3 Å². The van der Waals surface area contributed by atoms with Gasteiger partial charge in [0.25, 0.3) is 5.91 Å². The Bertz CT molecular complexity index is 1050. The van der Waals surface area contributed by atoms with Crippen molar-refractivity contribution in [2.45, 2.75) is 38.5 Å². The van der Waals surface area contributed by atoms with Gasteiger partial charge in [-0.05, 0) is 31.4 Å². The maximum absolute atomic E-state index is 12.9. The van der Waals surface area contributed by atoms with Gasteiger partial charge in [-0.15, -0.1) is 0 Å². The topological polar surface area (TPSA) is 94.3 Å². The summed E-state index contributed by atoms with van der Waals surface area (Å²) in [6.07, 6.45) is 4.32. The summed E-state index contributed by atoms with van der Waals surface area (Å²) in [7, 11) is 1.52. The highest BCUT2D eigenvalue weighted by Crippen LogP contribution is 2.27. The third-order valence-electron chi connectivity index (χ3n) is 5.73. The van der Waals surface area contributed by atoms with E-state index in [1.165, 1.54) is 7.11 Å². The van der Waals surface area contributed by atoms with Gasteiger partial charge in [0.1, 0.15) is 12.4 Å². The number of carbonyl (C=O) groups excluding carboxylic acids is 2. The Labute approximate surface area is 187 Å². The lowest BCUT2D eigenvalue weighted by Crippen LogP contribution is -2.41. The van der Waals surface area contributed by atoms with E-state index in [0.717, 1.165) is 24.1 Å². The lowest BCUT2D eigenvalue weighted by molar-refractivity contribution is -0.133. The van der Waals surface area contributed by atoms with Crippen LogP contribution in [0.3, 0.4) is 0 Å². The zero-order valence-electron chi connectivity index (χ0n) is 18.3. The molecule has 0 bridgehead atoms. The largest absolute Gasteiger partial charge is 0.367 e. The number of hydrogen-bond acceptors (Lipinski definition) is 5. The van der Waals surface area contributed by atoms with Gasteiger partial charge < -0.3 is 15.0 Å². The van der Waals surface area contributed by atoms with Crippen molar-refractivity contribution < 1.29 is 14.3 Å². The van der Waals surface area contributed by atoms with E-state index >= 15 is 0 Å². The first kappa shape index (κ1) is 21.8. The molecule has 0 spiro atoms. The van der Waals surface area contributed by atoms with Crippen molar-refractivity contribution in [2.24, 2.45) is 0 Å². The summed E-state index contributed by atoms with van der Waals surface area (Å²) in [5.74, 6) is 0.443. The molecule has 1 aliphatic rings. The minimum atomic E-state index is -0.704. The van der Waals surface area contributed by atoms with Crippen LogP contribution in [-0.4, -0.2) is 56.5 Å². The van der Waals surface area contributed by atoms with Crippen LogP contribution in [0.15, 0.2) is 54.9 Å². The van der Waals surface area contributed by atoms with Crippen LogP contribution in [0.1, 0.15) is 36.2 Å². The molecule has 0 saturated carbocycles. The van der Waals surface area contributed by atoms with Gasteiger partial charge in [0.05, 0.1) is 17.9 Å². The molecule has 1 fully saturated rings. The quantitative estimate of drug-likeness (QED) is 0.614. The number of nitrogens with one attached hydrogen (secondary N) is 1. The Hall–Kier alpha value is -3.46. The third-order valence-corrected chi connectivity index (χ3v) is 5.73. The van der Waals surface area contributed by atoms with Crippen LogP contribution in [0.25, 0.3) is 0 Å². The fourth-order valence-corrected chi connectivity index (χ4v) is 4.07. The van der Waals surface area contributed by atoms with Gasteiger partial charge in [0, 0.05) is 32.5 Å². The van der Waals surface area contributed by atoms with Crippen molar-refractivity contribution in [1.82, 2.24) is 24.5 Å². The first-order valence-electron chi connectivity index (χ1n) is 10.7. The van der Waals surface area contributed by atoms with Crippen molar-refractivity contribution in [1.29, 1.82) is 0 Å². The number of likely N-dealkylation sites (tertiary alicyclic amines) is 1. The molecule has 1 aliphatic heterocycles. The van der Waals surface area contributed by atoms with E-state index in [-0.39, 0.29) is 24.4 Å². The molecule has 1 saturated heterocycles. The normalized spacial score (nSPS) is 15.5. The van der Waals surface area contributed by atoms with E-state index in [2.05, 4.69) is 15.5 Å². The molecule has 2 amide bonds. The van der Waals surface area contributed by atoms with E-state index in [9.17, 15) is 9.59 Å². The Morgan fingerprint density at radius 2 is 1.91 bits per heavy atom. The van der Waals surface area contributed by atoms with Crippen LogP contribution in [0.4, 0.5) is 5.82 Å². The van der Waals surface area contributed by atoms with Gasteiger partial charge in [0.2, 0.25) is 5.91 Å². The SMILES string of the molecule is CO[C@@H](C(=O)Nc1ccnn1C1CCN(C(=O)Cn2ccc(C)n2)CC1)c1ccccc1. The van der Waals surface area contributed by atoms with Crippen molar-refractivity contribution >= 4 is 17.6 Å². The van der Waals surface area contributed by atoms with E-state index in [0.29, 0.717) is 18.9 Å². The molecule has 9 heteroatoms. The highest BCUT2D eigenvalue weighted by Gasteiger charge is 2.27. The lowest BCUT2D eigenvalue weighted by atomic mass is 10.1. The smallest absolute Gasteiger partial charge is 0.259 e. The predicted molar refractivity (Wildman–Crippen MR) is 119 cm³/mol. The van der Waals surface area contributed by atoms with Crippen LogP contribution in [0, 0.1) is 6.92 Å². The van der Waals surface area contributed by atoms with Crippen molar-refractivity contribution in [3.05, 3.63) is 66.1 Å². The second-order valence-corrected chi connectivity index (χ2v) is 7.94.